The number of nitrogens with one attached hydrogen (secondary N) is 2. The maximum Gasteiger partial charge on any atom is 0.269 e. The van der Waals surface area contributed by atoms with Crippen LogP contribution in [0.4, 0.5) is 4.39 Å². The van der Waals surface area contributed by atoms with Gasteiger partial charge in [-0.15, -0.1) is 0 Å². The number of amides is 1. The fourth-order valence-corrected chi connectivity index (χ4v) is 1.92. The maximum atomic E-state index is 13.4. The van der Waals surface area contributed by atoms with Crippen LogP contribution in [0.2, 0.25) is 0 Å². The normalized spacial score (nSPS) is 10.5. The van der Waals surface area contributed by atoms with E-state index in [1.807, 2.05) is 0 Å². The fourth-order valence-electron chi connectivity index (χ4n) is 1.65. The van der Waals surface area contributed by atoms with Crippen molar-refractivity contribution in [1.82, 2.24) is 10.9 Å². The molecule has 0 saturated carbocycles. The molecule has 0 atom stereocenters. The molecule has 0 bridgehead atoms. The van der Waals surface area contributed by atoms with E-state index in [2.05, 4.69) is 33.4 Å². The molecule has 0 saturated heterocycles. The standard InChI is InChI=1S/C17H14BrFN2O/c1-12(6-7-13-4-2-3-5-16(13)19)20-21-17(22)14-8-10-15(18)11-9-14/h2-11,20H,1H2,(H,21,22). The molecule has 2 rings (SSSR count). The summed E-state index contributed by atoms with van der Waals surface area (Å²) in [5.74, 6) is -0.599. The number of carbonyl (C=O) groups excluding carboxylic acids is 1. The van der Waals surface area contributed by atoms with Gasteiger partial charge in [-0.05, 0) is 42.5 Å². The Kier molecular flexibility index (Phi) is 5.49. The zero-order valence-electron chi connectivity index (χ0n) is 11.6. The van der Waals surface area contributed by atoms with Crippen LogP contribution >= 0.6 is 15.9 Å². The maximum absolute atomic E-state index is 13.4. The van der Waals surface area contributed by atoms with Crippen molar-refractivity contribution in [3.8, 4) is 0 Å². The molecule has 0 fully saturated rings. The second kappa shape index (κ2) is 7.56. The van der Waals surface area contributed by atoms with Gasteiger partial charge in [0.15, 0.2) is 0 Å². The van der Waals surface area contributed by atoms with Gasteiger partial charge in [0, 0.05) is 21.3 Å². The van der Waals surface area contributed by atoms with Crippen LogP contribution in [-0.2, 0) is 0 Å². The zero-order valence-corrected chi connectivity index (χ0v) is 13.2. The van der Waals surface area contributed by atoms with Gasteiger partial charge in [0.1, 0.15) is 5.82 Å². The van der Waals surface area contributed by atoms with Gasteiger partial charge < -0.3 is 0 Å². The molecule has 0 aromatic heterocycles. The number of hydrogen-bond donors (Lipinski definition) is 2. The molecule has 0 spiro atoms. The van der Waals surface area contributed by atoms with Gasteiger partial charge in [-0.3, -0.25) is 15.6 Å². The highest BCUT2D eigenvalue weighted by Gasteiger charge is 2.04. The second-order valence-electron chi connectivity index (χ2n) is 4.47. The minimum atomic E-state index is -0.314. The monoisotopic (exact) mass is 360 g/mol. The van der Waals surface area contributed by atoms with Gasteiger partial charge in [0.2, 0.25) is 0 Å². The second-order valence-corrected chi connectivity index (χ2v) is 5.38. The highest BCUT2D eigenvalue weighted by molar-refractivity contribution is 9.10. The first-order valence-electron chi connectivity index (χ1n) is 6.50. The third-order valence-electron chi connectivity index (χ3n) is 2.81. The Balaban J connectivity index is 1.89. The first kappa shape index (κ1) is 16.0. The van der Waals surface area contributed by atoms with E-state index in [1.165, 1.54) is 6.07 Å². The lowest BCUT2D eigenvalue weighted by molar-refractivity contribution is 0.0939. The number of benzene rings is 2. The molecule has 0 aliphatic heterocycles. The Morgan fingerprint density at radius 2 is 1.77 bits per heavy atom. The van der Waals surface area contributed by atoms with Crippen molar-refractivity contribution in [2.45, 2.75) is 0 Å². The summed E-state index contributed by atoms with van der Waals surface area (Å²) in [7, 11) is 0. The van der Waals surface area contributed by atoms with Crippen molar-refractivity contribution in [2.75, 3.05) is 0 Å². The zero-order chi connectivity index (χ0) is 15.9. The van der Waals surface area contributed by atoms with E-state index >= 15 is 0 Å². The Bertz CT molecular complexity index is 711. The third kappa shape index (κ3) is 4.56. The van der Waals surface area contributed by atoms with Gasteiger partial charge in [-0.25, -0.2) is 4.39 Å². The summed E-state index contributed by atoms with van der Waals surface area (Å²) in [6.07, 6.45) is 3.16. The molecule has 112 valence electrons. The molecule has 3 nitrogen and oxygen atoms in total. The lowest BCUT2D eigenvalue weighted by atomic mass is 10.2. The van der Waals surface area contributed by atoms with Crippen LogP contribution in [0.1, 0.15) is 15.9 Å². The molecule has 0 aliphatic rings. The molecular weight excluding hydrogens is 347 g/mol. The van der Waals surface area contributed by atoms with Crippen LogP contribution in [0.15, 0.2) is 71.4 Å². The summed E-state index contributed by atoms with van der Waals surface area (Å²) < 4.78 is 14.3. The van der Waals surface area contributed by atoms with Gasteiger partial charge >= 0.3 is 0 Å². The van der Waals surface area contributed by atoms with Crippen molar-refractivity contribution >= 4 is 27.9 Å². The molecule has 0 radical (unpaired) electrons. The molecule has 2 aromatic carbocycles. The van der Waals surface area contributed by atoms with Crippen molar-refractivity contribution in [3.05, 3.63) is 88.3 Å². The lowest BCUT2D eigenvalue weighted by Crippen LogP contribution is -2.35. The molecule has 1 amide bonds. The van der Waals surface area contributed by atoms with Crippen LogP contribution in [0, 0.1) is 5.82 Å². The SMILES string of the molecule is C=C(C=Cc1ccccc1F)NNC(=O)c1ccc(Br)cc1. The van der Waals surface area contributed by atoms with Crippen molar-refractivity contribution < 1.29 is 9.18 Å². The number of rotatable bonds is 5. The van der Waals surface area contributed by atoms with Crippen molar-refractivity contribution in [3.63, 3.8) is 0 Å². The summed E-state index contributed by atoms with van der Waals surface area (Å²) in [6, 6.07) is 13.3. The quantitative estimate of drug-likeness (QED) is 0.623. The van der Waals surface area contributed by atoms with Crippen molar-refractivity contribution in [1.29, 1.82) is 0 Å². The van der Waals surface area contributed by atoms with E-state index in [0.717, 1.165) is 4.47 Å². The first-order chi connectivity index (χ1) is 10.6. The van der Waals surface area contributed by atoms with Crippen molar-refractivity contribution in [2.24, 2.45) is 0 Å². The van der Waals surface area contributed by atoms with E-state index in [0.29, 0.717) is 16.8 Å². The Labute approximate surface area is 136 Å². The van der Waals surface area contributed by atoms with Gasteiger partial charge in [0.25, 0.3) is 5.91 Å². The number of carbonyl (C=O) groups is 1. The molecule has 0 unspecified atom stereocenters. The molecule has 22 heavy (non-hydrogen) atoms. The minimum absolute atomic E-state index is 0.284. The first-order valence-corrected chi connectivity index (χ1v) is 7.29. The number of allylic oxidation sites excluding steroid dienone is 1. The van der Waals surface area contributed by atoms with Crippen LogP contribution in [0.5, 0.6) is 0 Å². The third-order valence-corrected chi connectivity index (χ3v) is 3.34. The highest BCUT2D eigenvalue weighted by atomic mass is 79.9. The smallest absolute Gasteiger partial charge is 0.269 e. The summed E-state index contributed by atoms with van der Waals surface area (Å²) in [4.78, 5) is 11.9. The molecule has 0 aliphatic carbocycles. The summed E-state index contributed by atoms with van der Waals surface area (Å²) in [5, 5.41) is 0. The molecule has 2 aromatic rings. The predicted molar refractivity (Wildman–Crippen MR) is 89.3 cm³/mol. The Morgan fingerprint density at radius 3 is 2.45 bits per heavy atom. The van der Waals surface area contributed by atoms with E-state index in [1.54, 1.807) is 54.6 Å². The average molecular weight is 361 g/mol. The van der Waals surface area contributed by atoms with Crippen LogP contribution in [0.3, 0.4) is 0 Å². The Hall–Kier alpha value is -2.40. The number of halogens is 2. The summed E-state index contributed by atoms with van der Waals surface area (Å²) >= 11 is 3.30. The fraction of sp³-hybridized carbons (Fsp3) is 0. The number of hydrazine groups is 1. The summed E-state index contributed by atoms with van der Waals surface area (Å²) in [5.41, 5.74) is 6.59. The average Bonchev–Trinajstić information content (AvgIpc) is 2.52. The van der Waals surface area contributed by atoms with E-state index in [-0.39, 0.29) is 11.7 Å². The minimum Gasteiger partial charge on any atom is -0.299 e. The van der Waals surface area contributed by atoms with E-state index < -0.39 is 0 Å². The van der Waals surface area contributed by atoms with E-state index in [9.17, 15) is 9.18 Å². The predicted octanol–water partition coefficient (Wildman–Crippen LogP) is 4.05. The molecule has 2 N–H and O–H groups in total. The Morgan fingerprint density at radius 1 is 1.09 bits per heavy atom. The van der Waals surface area contributed by atoms with E-state index in [4.69, 9.17) is 0 Å². The van der Waals surface area contributed by atoms with Crippen LogP contribution in [-0.4, -0.2) is 5.91 Å². The lowest BCUT2D eigenvalue weighted by Gasteiger charge is -2.08. The molecule has 0 heterocycles. The molecule has 5 heteroatoms. The van der Waals surface area contributed by atoms with Gasteiger partial charge in [-0.1, -0.05) is 40.7 Å². The highest BCUT2D eigenvalue weighted by Crippen LogP contribution is 2.10. The molecular formula is C17H14BrFN2O. The summed E-state index contributed by atoms with van der Waals surface area (Å²) in [6.45, 7) is 3.74. The number of hydrogen-bond acceptors (Lipinski definition) is 2. The largest absolute Gasteiger partial charge is 0.299 e. The van der Waals surface area contributed by atoms with Crippen LogP contribution in [0.25, 0.3) is 6.08 Å². The van der Waals surface area contributed by atoms with Gasteiger partial charge in [0.05, 0.1) is 0 Å². The topological polar surface area (TPSA) is 41.1 Å². The van der Waals surface area contributed by atoms with Gasteiger partial charge in [-0.2, -0.15) is 0 Å². The van der Waals surface area contributed by atoms with Crippen LogP contribution < -0.4 is 10.9 Å².